The molecule has 0 bridgehead atoms. The summed E-state index contributed by atoms with van der Waals surface area (Å²) < 4.78 is 0. The Morgan fingerprint density at radius 2 is 1.70 bits per heavy atom. The van der Waals surface area contributed by atoms with Crippen LogP contribution in [0.15, 0.2) is 66.4 Å². The smallest absolute Gasteiger partial charge is 0.259 e. The quantitative estimate of drug-likeness (QED) is 0.497. The highest BCUT2D eigenvalue weighted by Gasteiger charge is 2.32. The zero-order valence-corrected chi connectivity index (χ0v) is 14.1. The van der Waals surface area contributed by atoms with Crippen LogP contribution >= 0.6 is 35.0 Å². The number of benzene rings is 2. The maximum Gasteiger partial charge on any atom is 0.263 e. The van der Waals surface area contributed by atoms with E-state index in [1.54, 1.807) is 30.4 Å². The van der Waals surface area contributed by atoms with E-state index in [1.165, 1.54) is 11.8 Å². The molecule has 0 spiro atoms. The van der Waals surface area contributed by atoms with Crippen LogP contribution in [0.5, 0.6) is 0 Å². The van der Waals surface area contributed by atoms with Gasteiger partial charge in [-0.3, -0.25) is 10.1 Å². The van der Waals surface area contributed by atoms with Gasteiger partial charge in [0.25, 0.3) is 5.70 Å². The molecule has 1 aliphatic heterocycles. The van der Waals surface area contributed by atoms with Gasteiger partial charge in [-0.05, 0) is 35.4 Å². The highest BCUT2D eigenvalue weighted by molar-refractivity contribution is 8.08. The summed E-state index contributed by atoms with van der Waals surface area (Å²) in [6, 6.07) is 14.6. The zero-order valence-electron chi connectivity index (χ0n) is 11.8. The van der Waals surface area contributed by atoms with E-state index >= 15 is 0 Å². The summed E-state index contributed by atoms with van der Waals surface area (Å²) in [7, 11) is 0. The minimum atomic E-state index is -0.450. The second kappa shape index (κ2) is 6.79. The first kappa shape index (κ1) is 16.1. The topological polar surface area (TPSA) is 43.1 Å². The number of halogens is 2. The molecule has 2 aromatic rings. The largest absolute Gasteiger partial charge is 0.263 e. The lowest BCUT2D eigenvalue weighted by atomic mass is 10.1. The van der Waals surface area contributed by atoms with Crippen LogP contribution in [0.1, 0.15) is 16.4 Å². The minimum absolute atomic E-state index is 0.126. The first-order valence-electron chi connectivity index (χ1n) is 6.79. The molecule has 1 heterocycles. The summed E-state index contributed by atoms with van der Waals surface area (Å²) in [6.07, 6.45) is 3.31. The predicted molar refractivity (Wildman–Crippen MR) is 96.3 cm³/mol. The zero-order chi connectivity index (χ0) is 16.4. The minimum Gasteiger partial charge on any atom is -0.259 e. The van der Waals surface area contributed by atoms with Crippen molar-refractivity contribution in [1.29, 1.82) is 0 Å². The number of thioether (sulfide) groups is 1. The van der Waals surface area contributed by atoms with E-state index in [1.807, 2.05) is 30.3 Å². The van der Waals surface area contributed by atoms with Crippen molar-refractivity contribution in [1.82, 2.24) is 0 Å². The summed E-state index contributed by atoms with van der Waals surface area (Å²) in [5.41, 5.74) is 1.83. The lowest BCUT2D eigenvalue weighted by molar-refractivity contribution is -0.427. The van der Waals surface area contributed by atoms with E-state index in [-0.39, 0.29) is 10.6 Å². The summed E-state index contributed by atoms with van der Waals surface area (Å²) in [5, 5.41) is 12.1. The molecule has 6 heteroatoms. The van der Waals surface area contributed by atoms with Gasteiger partial charge in [0.2, 0.25) is 0 Å². The van der Waals surface area contributed by atoms with Crippen molar-refractivity contribution in [2.24, 2.45) is 0 Å². The van der Waals surface area contributed by atoms with Gasteiger partial charge in [-0.1, -0.05) is 53.5 Å². The second-order valence-electron chi connectivity index (χ2n) is 4.91. The summed E-state index contributed by atoms with van der Waals surface area (Å²) in [6.45, 7) is 0. The molecule has 0 aromatic heterocycles. The Hall–Kier alpha value is -1.75. The van der Waals surface area contributed by atoms with Crippen LogP contribution in [0, 0.1) is 10.1 Å². The van der Waals surface area contributed by atoms with E-state index in [9.17, 15) is 10.1 Å². The first-order chi connectivity index (χ1) is 11.1. The molecule has 0 saturated heterocycles. The predicted octanol–water partition coefficient (Wildman–Crippen LogP) is 5.98. The van der Waals surface area contributed by atoms with Gasteiger partial charge in [0.1, 0.15) is 5.25 Å². The molecule has 0 amide bonds. The summed E-state index contributed by atoms with van der Waals surface area (Å²) >= 11 is 13.6. The molecule has 23 heavy (non-hydrogen) atoms. The fraction of sp³-hybridized carbons (Fsp3) is 0.0588. The molecule has 0 fully saturated rings. The molecule has 1 aliphatic rings. The van der Waals surface area contributed by atoms with Crippen molar-refractivity contribution >= 4 is 39.9 Å². The van der Waals surface area contributed by atoms with E-state index in [4.69, 9.17) is 23.2 Å². The molecule has 0 saturated carbocycles. The monoisotopic (exact) mass is 363 g/mol. The Labute approximate surface area is 147 Å². The van der Waals surface area contributed by atoms with E-state index in [0.717, 1.165) is 16.0 Å². The number of nitrogens with zero attached hydrogens (tertiary/aromatic N) is 1. The van der Waals surface area contributed by atoms with Gasteiger partial charge in [-0.2, -0.15) is 0 Å². The summed E-state index contributed by atoms with van der Waals surface area (Å²) in [5.74, 6) is 0. The van der Waals surface area contributed by atoms with Gasteiger partial charge >= 0.3 is 0 Å². The molecular weight excluding hydrogens is 353 g/mol. The third-order valence-corrected chi connectivity index (χ3v) is 5.40. The Morgan fingerprint density at radius 1 is 1.00 bits per heavy atom. The van der Waals surface area contributed by atoms with Gasteiger partial charge in [0, 0.05) is 21.0 Å². The van der Waals surface area contributed by atoms with Crippen LogP contribution in [0.25, 0.3) is 4.91 Å². The molecular formula is C17H11Cl2NO2S. The molecule has 0 unspecified atom stereocenters. The van der Waals surface area contributed by atoms with E-state index in [2.05, 4.69) is 0 Å². The van der Waals surface area contributed by atoms with Crippen LogP contribution in [-0.4, -0.2) is 4.92 Å². The van der Waals surface area contributed by atoms with E-state index in [0.29, 0.717) is 10.0 Å². The Bertz CT molecular complexity index is 816. The summed E-state index contributed by atoms with van der Waals surface area (Å²) in [4.78, 5) is 12.0. The van der Waals surface area contributed by atoms with Gasteiger partial charge in [-0.15, -0.1) is 11.8 Å². The average Bonchev–Trinajstić information content (AvgIpc) is 2.55. The van der Waals surface area contributed by atoms with Crippen LogP contribution < -0.4 is 0 Å². The number of hydrogen-bond acceptors (Lipinski definition) is 3. The van der Waals surface area contributed by atoms with Crippen molar-refractivity contribution in [2.45, 2.75) is 5.25 Å². The molecule has 3 rings (SSSR count). The normalized spacial score (nSPS) is 17.4. The molecule has 1 atom stereocenters. The van der Waals surface area contributed by atoms with Gasteiger partial charge in [-0.25, -0.2) is 0 Å². The number of hydrogen-bond donors (Lipinski definition) is 0. The SMILES string of the molecule is O=[N+]([O-])C1=CC=C(c2ccc(Cl)cc2)S[C@H]1c1ccccc1Cl. The third-order valence-electron chi connectivity index (χ3n) is 3.45. The Balaban J connectivity index is 2.02. The number of rotatable bonds is 3. The van der Waals surface area contributed by atoms with E-state index < -0.39 is 5.25 Å². The highest BCUT2D eigenvalue weighted by Crippen LogP contribution is 2.48. The van der Waals surface area contributed by atoms with Crippen LogP contribution in [0.3, 0.4) is 0 Å². The van der Waals surface area contributed by atoms with Crippen LogP contribution in [-0.2, 0) is 0 Å². The van der Waals surface area contributed by atoms with Crippen molar-refractivity contribution in [3.63, 3.8) is 0 Å². The highest BCUT2D eigenvalue weighted by atomic mass is 35.5. The van der Waals surface area contributed by atoms with Crippen molar-refractivity contribution in [2.75, 3.05) is 0 Å². The van der Waals surface area contributed by atoms with Gasteiger partial charge < -0.3 is 0 Å². The van der Waals surface area contributed by atoms with Crippen molar-refractivity contribution < 1.29 is 4.92 Å². The Kier molecular flexibility index (Phi) is 4.76. The molecule has 3 nitrogen and oxygen atoms in total. The molecule has 0 N–H and O–H groups in total. The maximum absolute atomic E-state index is 11.4. The van der Waals surface area contributed by atoms with Crippen LogP contribution in [0.2, 0.25) is 10.0 Å². The third kappa shape index (κ3) is 3.44. The number of allylic oxidation sites excluding steroid dienone is 2. The number of nitro groups is 1. The van der Waals surface area contributed by atoms with Crippen LogP contribution in [0.4, 0.5) is 0 Å². The fourth-order valence-electron chi connectivity index (χ4n) is 2.32. The second-order valence-corrected chi connectivity index (χ2v) is 6.90. The standard InChI is InChI=1S/C17H11Cl2NO2S/c18-12-7-5-11(6-8-12)16-10-9-15(20(21)22)17(23-16)13-3-1-2-4-14(13)19/h1-10,17H/t17-/m0/s1. The van der Waals surface area contributed by atoms with Gasteiger partial charge in [0.15, 0.2) is 0 Å². The fourth-order valence-corrected chi connectivity index (χ4v) is 4.05. The molecule has 116 valence electrons. The average molecular weight is 364 g/mol. The lowest BCUT2D eigenvalue weighted by Crippen LogP contribution is -2.10. The maximum atomic E-state index is 11.4. The molecule has 0 aliphatic carbocycles. The molecule has 2 aromatic carbocycles. The van der Waals surface area contributed by atoms with Gasteiger partial charge in [0.05, 0.1) is 4.92 Å². The molecule has 0 radical (unpaired) electrons. The van der Waals surface area contributed by atoms with Crippen molar-refractivity contribution in [3.05, 3.63) is 97.7 Å². The van der Waals surface area contributed by atoms with Crippen molar-refractivity contribution in [3.8, 4) is 0 Å². The lowest BCUT2D eigenvalue weighted by Gasteiger charge is -2.20. The Morgan fingerprint density at radius 3 is 2.35 bits per heavy atom. The first-order valence-corrected chi connectivity index (χ1v) is 8.43.